The second-order valence-electron chi connectivity index (χ2n) is 4.21. The Morgan fingerprint density at radius 1 is 1.50 bits per heavy atom. The molecule has 88 valence electrons. The Morgan fingerprint density at radius 3 is 3.00 bits per heavy atom. The van der Waals surface area contributed by atoms with E-state index in [0.717, 1.165) is 24.9 Å². The van der Waals surface area contributed by atoms with Gasteiger partial charge >= 0.3 is 0 Å². The van der Waals surface area contributed by atoms with Crippen LogP contribution in [0.15, 0.2) is 24.5 Å². The van der Waals surface area contributed by atoms with Crippen LogP contribution in [0.3, 0.4) is 0 Å². The summed E-state index contributed by atoms with van der Waals surface area (Å²) in [7, 11) is -3.02. The number of hydrogen-bond acceptors (Lipinski definition) is 4. The van der Waals surface area contributed by atoms with E-state index in [0.29, 0.717) is 0 Å². The van der Waals surface area contributed by atoms with Crippen molar-refractivity contribution >= 4 is 9.84 Å². The minimum Gasteiger partial charge on any atom is -0.313 e. The van der Waals surface area contributed by atoms with Crippen LogP contribution in [0.25, 0.3) is 0 Å². The van der Waals surface area contributed by atoms with Gasteiger partial charge in [0.2, 0.25) is 0 Å². The summed E-state index contributed by atoms with van der Waals surface area (Å²) in [5.41, 5.74) is 0.764. The molecule has 1 atom stereocenters. The van der Waals surface area contributed by atoms with E-state index >= 15 is 0 Å². The van der Waals surface area contributed by atoms with Gasteiger partial charge in [-0.2, -0.15) is 0 Å². The fraction of sp³-hybridized carbons (Fsp3) is 0.545. The number of rotatable bonds is 4. The summed E-state index contributed by atoms with van der Waals surface area (Å²) >= 11 is 0. The lowest BCUT2D eigenvalue weighted by atomic mass is 10.3. The maximum absolute atomic E-state index is 11.9. The molecule has 1 saturated heterocycles. The molecule has 4 nitrogen and oxygen atoms in total. The van der Waals surface area contributed by atoms with Gasteiger partial charge in [0.1, 0.15) is 0 Å². The van der Waals surface area contributed by atoms with Gasteiger partial charge in [0.05, 0.1) is 11.5 Å². The van der Waals surface area contributed by atoms with Crippen molar-refractivity contribution in [2.24, 2.45) is 0 Å². The zero-order valence-corrected chi connectivity index (χ0v) is 9.91. The predicted octanol–water partition coefficient (Wildman–Crippen LogP) is 0.748. The molecule has 0 saturated carbocycles. The summed E-state index contributed by atoms with van der Waals surface area (Å²) in [6, 6.07) is 3.70. The van der Waals surface area contributed by atoms with Crippen molar-refractivity contribution in [3.05, 3.63) is 30.1 Å². The van der Waals surface area contributed by atoms with Gasteiger partial charge in [0, 0.05) is 18.4 Å². The molecule has 5 heteroatoms. The van der Waals surface area contributed by atoms with E-state index in [1.54, 1.807) is 24.5 Å². The lowest BCUT2D eigenvalue weighted by molar-refractivity contribution is 0.576. The van der Waals surface area contributed by atoms with Gasteiger partial charge in [-0.05, 0) is 31.0 Å². The largest absolute Gasteiger partial charge is 0.313 e. The number of nitrogens with one attached hydrogen (secondary N) is 1. The van der Waals surface area contributed by atoms with Crippen molar-refractivity contribution in [3.8, 4) is 0 Å². The maximum atomic E-state index is 11.9. The first-order valence-corrected chi connectivity index (χ1v) is 7.30. The number of sulfone groups is 1. The minimum absolute atomic E-state index is 0.0962. The van der Waals surface area contributed by atoms with Gasteiger partial charge in [0.15, 0.2) is 9.84 Å². The van der Waals surface area contributed by atoms with Crippen LogP contribution in [0.4, 0.5) is 0 Å². The first kappa shape index (κ1) is 11.5. The van der Waals surface area contributed by atoms with Crippen molar-refractivity contribution in [2.45, 2.75) is 24.6 Å². The third kappa shape index (κ3) is 3.28. The van der Waals surface area contributed by atoms with Crippen molar-refractivity contribution in [1.29, 1.82) is 0 Å². The molecule has 0 radical (unpaired) electrons. The van der Waals surface area contributed by atoms with Gasteiger partial charge in [-0.25, -0.2) is 8.42 Å². The number of pyridine rings is 1. The Balaban J connectivity index is 1.97. The molecule has 2 rings (SSSR count). The van der Waals surface area contributed by atoms with Crippen LogP contribution < -0.4 is 5.32 Å². The molecule has 1 aliphatic heterocycles. The number of hydrogen-bond donors (Lipinski definition) is 1. The van der Waals surface area contributed by atoms with Crippen LogP contribution in [0.2, 0.25) is 0 Å². The highest BCUT2D eigenvalue weighted by Gasteiger charge is 2.22. The maximum Gasteiger partial charge on any atom is 0.156 e. The molecule has 0 aliphatic carbocycles. The smallest absolute Gasteiger partial charge is 0.156 e. The quantitative estimate of drug-likeness (QED) is 0.843. The van der Waals surface area contributed by atoms with Crippen LogP contribution in [0, 0.1) is 0 Å². The Morgan fingerprint density at radius 2 is 2.38 bits per heavy atom. The van der Waals surface area contributed by atoms with Crippen molar-refractivity contribution in [2.75, 3.05) is 12.3 Å². The summed E-state index contributed by atoms with van der Waals surface area (Å²) in [5.74, 6) is 0.334. The third-order valence-corrected chi connectivity index (χ3v) is 4.41. The molecular weight excluding hydrogens is 224 g/mol. The monoisotopic (exact) mass is 240 g/mol. The number of aromatic nitrogens is 1. The van der Waals surface area contributed by atoms with Gasteiger partial charge < -0.3 is 5.32 Å². The SMILES string of the molecule is O=S(=O)(Cc1cccnc1)C[C@H]1CCCN1. The fourth-order valence-corrected chi connectivity index (χ4v) is 3.70. The summed E-state index contributed by atoms with van der Waals surface area (Å²) in [4.78, 5) is 3.92. The molecule has 1 aliphatic rings. The average Bonchev–Trinajstić information content (AvgIpc) is 2.70. The molecule has 1 N–H and O–H groups in total. The van der Waals surface area contributed by atoms with Crippen LogP contribution in [-0.2, 0) is 15.6 Å². The molecule has 0 bridgehead atoms. The molecule has 0 unspecified atom stereocenters. The summed E-state index contributed by atoms with van der Waals surface area (Å²) in [6.07, 6.45) is 5.30. The lowest BCUT2D eigenvalue weighted by Crippen LogP contribution is -2.30. The molecule has 1 aromatic rings. The highest BCUT2D eigenvalue weighted by molar-refractivity contribution is 7.90. The van der Waals surface area contributed by atoms with E-state index in [1.165, 1.54) is 0 Å². The van der Waals surface area contributed by atoms with Gasteiger partial charge in [-0.15, -0.1) is 0 Å². The molecule has 16 heavy (non-hydrogen) atoms. The Kier molecular flexibility index (Phi) is 3.56. The number of nitrogens with zero attached hydrogens (tertiary/aromatic N) is 1. The first-order valence-electron chi connectivity index (χ1n) is 5.48. The summed E-state index contributed by atoms with van der Waals surface area (Å²) in [6.45, 7) is 0.938. The topological polar surface area (TPSA) is 59.1 Å². The molecule has 0 amide bonds. The standard InChI is InChI=1S/C11H16N2O2S/c14-16(15,9-11-4-2-6-13-11)8-10-3-1-5-12-7-10/h1,3,5,7,11,13H,2,4,6,8-9H2/t11-/m1/s1. The van der Waals surface area contributed by atoms with Crippen molar-refractivity contribution in [1.82, 2.24) is 10.3 Å². The van der Waals surface area contributed by atoms with Crippen LogP contribution >= 0.6 is 0 Å². The molecular formula is C11H16N2O2S. The Bertz CT molecular complexity index is 425. The van der Waals surface area contributed by atoms with Crippen LogP contribution in [0.1, 0.15) is 18.4 Å². The van der Waals surface area contributed by atoms with E-state index in [-0.39, 0.29) is 17.5 Å². The molecule has 1 aromatic heterocycles. The average molecular weight is 240 g/mol. The predicted molar refractivity (Wildman–Crippen MR) is 62.8 cm³/mol. The van der Waals surface area contributed by atoms with Gasteiger partial charge in [0.25, 0.3) is 0 Å². The second kappa shape index (κ2) is 4.93. The Labute approximate surface area is 96.0 Å². The Hall–Kier alpha value is -0.940. The molecule has 0 aromatic carbocycles. The van der Waals surface area contributed by atoms with Crippen molar-refractivity contribution < 1.29 is 8.42 Å². The van der Waals surface area contributed by atoms with E-state index in [2.05, 4.69) is 10.3 Å². The summed E-state index contributed by atoms with van der Waals surface area (Å²) < 4.78 is 23.8. The van der Waals surface area contributed by atoms with E-state index in [1.807, 2.05) is 0 Å². The highest BCUT2D eigenvalue weighted by atomic mass is 32.2. The lowest BCUT2D eigenvalue weighted by Gasteiger charge is -2.10. The summed E-state index contributed by atoms with van der Waals surface area (Å²) in [5, 5.41) is 3.20. The first-order chi connectivity index (χ1) is 7.66. The van der Waals surface area contributed by atoms with Crippen LogP contribution in [0.5, 0.6) is 0 Å². The third-order valence-electron chi connectivity index (χ3n) is 2.73. The highest BCUT2D eigenvalue weighted by Crippen LogP contribution is 2.11. The zero-order chi connectivity index (χ0) is 11.4. The van der Waals surface area contributed by atoms with Gasteiger partial charge in [-0.3, -0.25) is 4.98 Å². The van der Waals surface area contributed by atoms with E-state index < -0.39 is 9.84 Å². The van der Waals surface area contributed by atoms with Crippen LogP contribution in [-0.4, -0.2) is 31.7 Å². The molecule has 2 heterocycles. The normalized spacial score (nSPS) is 21.1. The fourth-order valence-electron chi connectivity index (χ4n) is 2.00. The second-order valence-corrected chi connectivity index (χ2v) is 6.32. The van der Waals surface area contributed by atoms with E-state index in [4.69, 9.17) is 0 Å². The van der Waals surface area contributed by atoms with Gasteiger partial charge in [-0.1, -0.05) is 6.07 Å². The minimum atomic E-state index is -3.02. The molecule has 0 spiro atoms. The van der Waals surface area contributed by atoms with E-state index in [9.17, 15) is 8.42 Å². The van der Waals surface area contributed by atoms with Crippen molar-refractivity contribution in [3.63, 3.8) is 0 Å². The molecule has 1 fully saturated rings. The zero-order valence-electron chi connectivity index (χ0n) is 9.09.